The molecule has 0 saturated carbocycles. The molecule has 0 spiro atoms. The van der Waals surface area contributed by atoms with Gasteiger partial charge in [-0.25, -0.2) is 4.68 Å². The van der Waals surface area contributed by atoms with E-state index in [4.69, 9.17) is 0 Å². The molecule has 8 nitrogen and oxygen atoms in total. The number of nitro groups is 1. The van der Waals surface area contributed by atoms with Gasteiger partial charge in [-0.2, -0.15) is 5.10 Å². The molecule has 1 aliphatic carbocycles. The molecule has 0 amide bonds. The molecule has 28 heavy (non-hydrogen) atoms. The first kappa shape index (κ1) is 18.3. The number of aliphatic imine (C=N–C) groups is 1. The minimum absolute atomic E-state index is 0.0694. The lowest BCUT2D eigenvalue weighted by Gasteiger charge is -2.32. The van der Waals surface area contributed by atoms with E-state index < -0.39 is 0 Å². The summed E-state index contributed by atoms with van der Waals surface area (Å²) in [6.45, 7) is 1.68. The average molecular weight is 379 g/mol. The van der Waals surface area contributed by atoms with Crippen molar-refractivity contribution in [3.8, 4) is 5.69 Å². The van der Waals surface area contributed by atoms with Crippen LogP contribution in [0.25, 0.3) is 5.69 Å². The van der Waals surface area contributed by atoms with Crippen molar-refractivity contribution >= 4 is 11.9 Å². The summed E-state index contributed by atoms with van der Waals surface area (Å²) in [5.41, 5.74) is 3.45. The summed E-state index contributed by atoms with van der Waals surface area (Å²) >= 11 is 0. The van der Waals surface area contributed by atoms with Crippen LogP contribution in [-0.2, 0) is 0 Å². The van der Waals surface area contributed by atoms with Gasteiger partial charge in [0.15, 0.2) is 0 Å². The third-order valence-corrected chi connectivity index (χ3v) is 5.19. The molecule has 0 fully saturated rings. The van der Waals surface area contributed by atoms with Crippen molar-refractivity contribution in [3.63, 3.8) is 0 Å². The van der Waals surface area contributed by atoms with Crippen molar-refractivity contribution in [2.75, 3.05) is 6.61 Å². The van der Waals surface area contributed by atoms with Crippen molar-refractivity contribution in [1.29, 1.82) is 0 Å². The zero-order chi connectivity index (χ0) is 19.7. The van der Waals surface area contributed by atoms with Crippen LogP contribution in [0.1, 0.15) is 24.9 Å². The summed E-state index contributed by atoms with van der Waals surface area (Å²) in [5, 5.41) is 28.9. The minimum Gasteiger partial charge on any atom is -0.396 e. The predicted octanol–water partition coefficient (Wildman–Crippen LogP) is 2.71. The van der Waals surface area contributed by atoms with E-state index >= 15 is 0 Å². The molecule has 0 radical (unpaired) electrons. The van der Waals surface area contributed by atoms with Gasteiger partial charge in [0.05, 0.1) is 22.9 Å². The number of nitrogens with one attached hydrogen (secondary N) is 1. The summed E-state index contributed by atoms with van der Waals surface area (Å²) in [4.78, 5) is 15.4. The Balaban J connectivity index is 1.67. The second kappa shape index (κ2) is 7.49. The molecule has 2 N–H and O–H groups in total. The molecule has 0 bridgehead atoms. The highest BCUT2D eigenvalue weighted by Crippen LogP contribution is 2.36. The van der Waals surface area contributed by atoms with E-state index in [9.17, 15) is 15.2 Å². The lowest BCUT2D eigenvalue weighted by atomic mass is 9.88. The van der Waals surface area contributed by atoms with Gasteiger partial charge in [-0.05, 0) is 43.2 Å². The number of allylic oxidation sites excluding steroid dienone is 1. The Morgan fingerprint density at radius 3 is 3.00 bits per heavy atom. The molecule has 8 heteroatoms. The third kappa shape index (κ3) is 3.39. The van der Waals surface area contributed by atoms with E-state index in [0.717, 1.165) is 16.9 Å². The van der Waals surface area contributed by atoms with E-state index in [1.54, 1.807) is 30.1 Å². The fraction of sp³-hybridized carbons (Fsp3) is 0.300. The van der Waals surface area contributed by atoms with E-state index in [2.05, 4.69) is 15.4 Å². The lowest BCUT2D eigenvalue weighted by molar-refractivity contribution is -0.421. The maximum absolute atomic E-state index is 11.3. The number of benzene rings is 1. The predicted molar refractivity (Wildman–Crippen MR) is 105 cm³/mol. The van der Waals surface area contributed by atoms with Crippen molar-refractivity contribution in [1.82, 2.24) is 15.1 Å². The number of aliphatic hydroxyl groups is 1. The topological polar surface area (TPSA) is 106 Å². The average Bonchev–Trinajstić information content (AvgIpc) is 3.24. The molecule has 1 aromatic heterocycles. The molecule has 3 atom stereocenters. The monoisotopic (exact) mass is 379 g/mol. The SMILES string of the molecule is CC1=CCC(NC2c3cc(-n4cccn4)ccc3N=CC2CO)C=C1[N+](=O)[O-]. The molecule has 1 aliphatic heterocycles. The van der Waals surface area contributed by atoms with Crippen LogP contribution in [0.2, 0.25) is 0 Å². The molecule has 2 heterocycles. The van der Waals surface area contributed by atoms with Crippen LogP contribution in [0.3, 0.4) is 0 Å². The normalized spacial score (nSPS) is 23.7. The Morgan fingerprint density at radius 1 is 1.43 bits per heavy atom. The Morgan fingerprint density at radius 2 is 2.29 bits per heavy atom. The van der Waals surface area contributed by atoms with E-state index in [0.29, 0.717) is 12.0 Å². The van der Waals surface area contributed by atoms with Gasteiger partial charge in [-0.15, -0.1) is 0 Å². The number of hydrogen-bond donors (Lipinski definition) is 2. The van der Waals surface area contributed by atoms with E-state index in [1.165, 1.54) is 0 Å². The molecule has 144 valence electrons. The van der Waals surface area contributed by atoms with Gasteiger partial charge in [-0.1, -0.05) is 6.08 Å². The fourth-order valence-corrected chi connectivity index (χ4v) is 3.68. The van der Waals surface area contributed by atoms with Gasteiger partial charge in [0, 0.05) is 48.3 Å². The van der Waals surface area contributed by atoms with Crippen LogP contribution in [0.15, 0.2) is 65.1 Å². The summed E-state index contributed by atoms with van der Waals surface area (Å²) in [6.07, 6.45) is 9.51. The molecular formula is C20H21N5O3. The number of nitrogens with zero attached hydrogens (tertiary/aromatic N) is 4. The van der Waals surface area contributed by atoms with Gasteiger partial charge in [0.1, 0.15) is 0 Å². The molecule has 0 saturated heterocycles. The van der Waals surface area contributed by atoms with Crippen LogP contribution in [0, 0.1) is 16.0 Å². The van der Waals surface area contributed by atoms with Crippen molar-refractivity contribution < 1.29 is 10.0 Å². The molecule has 1 aromatic carbocycles. The van der Waals surface area contributed by atoms with Crippen LogP contribution < -0.4 is 5.32 Å². The Labute approximate surface area is 162 Å². The van der Waals surface area contributed by atoms with Gasteiger partial charge in [0.2, 0.25) is 0 Å². The first-order valence-electron chi connectivity index (χ1n) is 9.15. The zero-order valence-corrected chi connectivity index (χ0v) is 15.4. The first-order chi connectivity index (χ1) is 13.6. The number of rotatable bonds is 5. The number of fused-ring (bicyclic) bond motifs is 1. The van der Waals surface area contributed by atoms with Crippen LogP contribution in [0.4, 0.5) is 5.69 Å². The Hall–Kier alpha value is -3.10. The maximum Gasteiger partial charge on any atom is 0.269 e. The lowest BCUT2D eigenvalue weighted by Crippen LogP contribution is -2.39. The second-order valence-corrected chi connectivity index (χ2v) is 7.00. The Kier molecular flexibility index (Phi) is 4.89. The largest absolute Gasteiger partial charge is 0.396 e. The number of hydrogen-bond acceptors (Lipinski definition) is 6. The quantitative estimate of drug-likeness (QED) is 0.614. The number of aromatic nitrogens is 2. The summed E-state index contributed by atoms with van der Waals surface area (Å²) in [5.74, 6) is -0.222. The smallest absolute Gasteiger partial charge is 0.269 e. The molecule has 2 aliphatic rings. The highest BCUT2D eigenvalue weighted by atomic mass is 16.6. The number of aliphatic hydroxyl groups excluding tert-OH is 1. The molecular weight excluding hydrogens is 358 g/mol. The summed E-state index contributed by atoms with van der Waals surface area (Å²) < 4.78 is 1.76. The van der Waals surface area contributed by atoms with Crippen molar-refractivity contribution in [2.24, 2.45) is 10.9 Å². The Bertz CT molecular complexity index is 978. The standard InChI is InChI=1S/C20H21N5O3/c1-13-3-4-15(9-19(13)25(27)28)23-20-14(12-26)11-21-18-6-5-16(10-17(18)20)24-8-2-7-22-24/h2-3,5-11,14-15,20,23,26H,4,12H2,1H3. The van der Waals surface area contributed by atoms with Crippen molar-refractivity contribution in [2.45, 2.75) is 25.4 Å². The highest BCUT2D eigenvalue weighted by molar-refractivity contribution is 5.73. The maximum atomic E-state index is 11.3. The van der Waals surface area contributed by atoms with Gasteiger partial charge >= 0.3 is 0 Å². The van der Waals surface area contributed by atoms with Gasteiger partial charge in [0.25, 0.3) is 5.70 Å². The third-order valence-electron chi connectivity index (χ3n) is 5.19. The second-order valence-electron chi connectivity index (χ2n) is 7.00. The summed E-state index contributed by atoms with van der Waals surface area (Å²) in [6, 6.07) is 7.31. The van der Waals surface area contributed by atoms with Gasteiger partial charge < -0.3 is 10.4 Å². The van der Waals surface area contributed by atoms with Gasteiger partial charge in [-0.3, -0.25) is 15.1 Å². The van der Waals surface area contributed by atoms with Crippen LogP contribution >= 0.6 is 0 Å². The summed E-state index contributed by atoms with van der Waals surface area (Å²) in [7, 11) is 0. The zero-order valence-electron chi connectivity index (χ0n) is 15.4. The minimum atomic E-state index is -0.352. The van der Waals surface area contributed by atoms with Crippen molar-refractivity contribution in [3.05, 3.63) is 75.8 Å². The van der Waals surface area contributed by atoms with Crippen LogP contribution in [0.5, 0.6) is 0 Å². The van der Waals surface area contributed by atoms with E-state index in [1.807, 2.05) is 36.5 Å². The molecule has 4 rings (SSSR count). The molecule has 2 aromatic rings. The molecule has 3 unspecified atom stereocenters. The highest BCUT2D eigenvalue weighted by Gasteiger charge is 2.31. The first-order valence-corrected chi connectivity index (χ1v) is 9.15. The van der Waals surface area contributed by atoms with E-state index in [-0.39, 0.29) is 35.2 Å². The van der Waals surface area contributed by atoms with Crippen LogP contribution in [-0.4, -0.2) is 38.7 Å². The fourth-order valence-electron chi connectivity index (χ4n) is 3.68.